The van der Waals surface area contributed by atoms with E-state index in [1.165, 1.54) is 0 Å². The lowest BCUT2D eigenvalue weighted by molar-refractivity contribution is 0.0710. The van der Waals surface area contributed by atoms with Crippen molar-refractivity contribution in [1.82, 2.24) is 9.88 Å². The number of pyridine rings is 1. The zero-order valence-corrected chi connectivity index (χ0v) is 11.5. The van der Waals surface area contributed by atoms with Gasteiger partial charge < -0.3 is 4.90 Å². The Labute approximate surface area is 112 Å². The second kappa shape index (κ2) is 6.36. The van der Waals surface area contributed by atoms with Crippen LogP contribution < -0.4 is 0 Å². The summed E-state index contributed by atoms with van der Waals surface area (Å²) in [5.74, 6) is -0.118. The van der Waals surface area contributed by atoms with Gasteiger partial charge in [0.05, 0.1) is 12.5 Å². The largest absolute Gasteiger partial charge is 0.335 e. The summed E-state index contributed by atoms with van der Waals surface area (Å²) in [6.45, 7) is 6.06. The van der Waals surface area contributed by atoms with Crippen molar-refractivity contribution in [2.45, 2.75) is 33.2 Å². The normalized spacial score (nSPS) is 10.2. The van der Waals surface area contributed by atoms with Crippen molar-refractivity contribution in [2.24, 2.45) is 0 Å². The van der Waals surface area contributed by atoms with Gasteiger partial charge in [0.25, 0.3) is 5.91 Å². The van der Waals surface area contributed by atoms with Crippen molar-refractivity contribution in [3.05, 3.63) is 28.5 Å². The maximum Gasteiger partial charge on any atom is 0.254 e. The Hall–Kier alpha value is -1.60. The van der Waals surface area contributed by atoms with E-state index < -0.39 is 0 Å². The maximum absolute atomic E-state index is 12.3. The molecule has 96 valence electrons. The van der Waals surface area contributed by atoms with Crippen molar-refractivity contribution in [3.63, 3.8) is 0 Å². The molecule has 0 aromatic carbocycles. The van der Waals surface area contributed by atoms with Crippen LogP contribution in [0.5, 0.6) is 0 Å². The van der Waals surface area contributed by atoms with Crippen LogP contribution in [0, 0.1) is 18.3 Å². The summed E-state index contributed by atoms with van der Waals surface area (Å²) < 4.78 is 0. The lowest BCUT2D eigenvalue weighted by Crippen LogP contribution is -2.37. The van der Waals surface area contributed by atoms with Gasteiger partial charge in [-0.3, -0.25) is 4.79 Å². The number of nitriles is 1. The van der Waals surface area contributed by atoms with Gasteiger partial charge in [-0.05, 0) is 32.9 Å². The van der Waals surface area contributed by atoms with Crippen LogP contribution in [0.2, 0.25) is 5.15 Å². The van der Waals surface area contributed by atoms with Crippen LogP contribution in [0.25, 0.3) is 0 Å². The Morgan fingerprint density at radius 3 is 2.72 bits per heavy atom. The van der Waals surface area contributed by atoms with Gasteiger partial charge in [-0.15, -0.1) is 0 Å². The summed E-state index contributed by atoms with van der Waals surface area (Å²) in [7, 11) is 0. The van der Waals surface area contributed by atoms with E-state index in [4.69, 9.17) is 16.9 Å². The molecule has 0 aliphatic carbocycles. The number of amides is 1. The number of rotatable bonds is 4. The van der Waals surface area contributed by atoms with Gasteiger partial charge in [0, 0.05) is 23.8 Å². The Kier molecular flexibility index (Phi) is 5.11. The molecule has 1 aromatic rings. The minimum atomic E-state index is -0.118. The Morgan fingerprint density at radius 2 is 2.22 bits per heavy atom. The van der Waals surface area contributed by atoms with Crippen LogP contribution in [-0.4, -0.2) is 28.4 Å². The molecule has 0 aliphatic heterocycles. The molecule has 0 spiro atoms. The van der Waals surface area contributed by atoms with Gasteiger partial charge in [-0.25, -0.2) is 4.98 Å². The first kappa shape index (κ1) is 14.5. The molecule has 1 heterocycles. The van der Waals surface area contributed by atoms with E-state index in [1.54, 1.807) is 24.0 Å². The smallest absolute Gasteiger partial charge is 0.254 e. The molecule has 1 amide bonds. The maximum atomic E-state index is 12.3. The van der Waals surface area contributed by atoms with Crippen molar-refractivity contribution in [2.75, 3.05) is 6.54 Å². The fraction of sp³-hybridized carbons (Fsp3) is 0.462. The fourth-order valence-corrected chi connectivity index (χ4v) is 1.93. The monoisotopic (exact) mass is 265 g/mol. The van der Waals surface area contributed by atoms with Crippen molar-refractivity contribution >= 4 is 17.5 Å². The van der Waals surface area contributed by atoms with Gasteiger partial charge in [-0.2, -0.15) is 5.26 Å². The van der Waals surface area contributed by atoms with Crippen molar-refractivity contribution in [1.29, 1.82) is 5.26 Å². The highest BCUT2D eigenvalue weighted by Crippen LogP contribution is 2.14. The molecule has 0 bridgehead atoms. The third kappa shape index (κ3) is 3.71. The van der Waals surface area contributed by atoms with Gasteiger partial charge in [0.1, 0.15) is 5.15 Å². The average Bonchev–Trinajstić information content (AvgIpc) is 2.27. The molecule has 1 aromatic heterocycles. The molecule has 18 heavy (non-hydrogen) atoms. The topological polar surface area (TPSA) is 57.0 Å². The standard InChI is InChI=1S/C13H16ClN3O/c1-9(2)17(6-4-5-15)13(18)11-7-10(3)16-12(14)8-11/h7-9H,4,6H2,1-3H3. The summed E-state index contributed by atoms with van der Waals surface area (Å²) in [4.78, 5) is 18.0. The molecule has 5 heteroatoms. The van der Waals surface area contributed by atoms with Crippen molar-refractivity contribution < 1.29 is 4.79 Å². The van der Waals surface area contributed by atoms with Crippen molar-refractivity contribution in [3.8, 4) is 6.07 Å². The highest BCUT2D eigenvalue weighted by molar-refractivity contribution is 6.29. The SMILES string of the molecule is Cc1cc(C(=O)N(CCC#N)C(C)C)cc(Cl)n1. The van der Waals surface area contributed by atoms with E-state index in [1.807, 2.05) is 19.9 Å². The molecule has 0 radical (unpaired) electrons. The Balaban J connectivity index is 2.98. The van der Waals surface area contributed by atoms with E-state index in [-0.39, 0.29) is 11.9 Å². The van der Waals surface area contributed by atoms with Gasteiger partial charge in [-0.1, -0.05) is 11.6 Å². The molecule has 0 aliphatic rings. The second-order valence-electron chi connectivity index (χ2n) is 4.32. The molecule has 1 rings (SSSR count). The minimum absolute atomic E-state index is 0.0399. The number of hydrogen-bond donors (Lipinski definition) is 0. The molecule has 0 atom stereocenters. The number of aryl methyl sites for hydroxylation is 1. The fourth-order valence-electron chi connectivity index (χ4n) is 1.68. The van der Waals surface area contributed by atoms with Crippen LogP contribution in [-0.2, 0) is 0 Å². The first-order valence-corrected chi connectivity index (χ1v) is 6.15. The van der Waals surface area contributed by atoms with Gasteiger partial charge in [0.2, 0.25) is 0 Å². The van der Waals surface area contributed by atoms with Crippen LogP contribution >= 0.6 is 11.6 Å². The lowest BCUT2D eigenvalue weighted by atomic mass is 10.1. The zero-order chi connectivity index (χ0) is 13.7. The zero-order valence-electron chi connectivity index (χ0n) is 10.8. The van der Waals surface area contributed by atoms with Crippen LogP contribution in [0.4, 0.5) is 0 Å². The molecule has 0 saturated carbocycles. The van der Waals surface area contributed by atoms with E-state index in [0.29, 0.717) is 29.4 Å². The highest BCUT2D eigenvalue weighted by atomic mass is 35.5. The van der Waals surface area contributed by atoms with E-state index in [0.717, 1.165) is 0 Å². The average molecular weight is 266 g/mol. The van der Waals surface area contributed by atoms with Gasteiger partial charge >= 0.3 is 0 Å². The third-order valence-corrected chi connectivity index (χ3v) is 2.71. The first-order chi connectivity index (χ1) is 8.45. The highest BCUT2D eigenvalue weighted by Gasteiger charge is 2.19. The number of carbonyl (C=O) groups excluding carboxylic acids is 1. The summed E-state index contributed by atoms with van der Waals surface area (Å²) >= 11 is 5.85. The van der Waals surface area contributed by atoms with Crippen LogP contribution in [0.3, 0.4) is 0 Å². The first-order valence-electron chi connectivity index (χ1n) is 5.77. The number of aromatic nitrogens is 1. The number of nitrogens with zero attached hydrogens (tertiary/aromatic N) is 3. The third-order valence-electron chi connectivity index (χ3n) is 2.52. The van der Waals surface area contributed by atoms with E-state index >= 15 is 0 Å². The van der Waals surface area contributed by atoms with E-state index in [9.17, 15) is 4.79 Å². The Bertz CT molecular complexity index is 459. The number of carbonyl (C=O) groups is 1. The van der Waals surface area contributed by atoms with Gasteiger partial charge in [0.15, 0.2) is 0 Å². The summed E-state index contributed by atoms with van der Waals surface area (Å²) in [6, 6.07) is 5.35. The predicted octanol–water partition coefficient (Wildman–Crippen LogP) is 2.81. The lowest BCUT2D eigenvalue weighted by Gasteiger charge is -2.26. The summed E-state index contributed by atoms with van der Waals surface area (Å²) in [5.41, 5.74) is 1.22. The Morgan fingerprint density at radius 1 is 1.56 bits per heavy atom. The number of hydrogen-bond acceptors (Lipinski definition) is 3. The molecule has 4 nitrogen and oxygen atoms in total. The molecular weight excluding hydrogens is 250 g/mol. The molecule has 0 unspecified atom stereocenters. The molecule has 0 saturated heterocycles. The summed E-state index contributed by atoms with van der Waals surface area (Å²) in [6.07, 6.45) is 0.321. The number of halogens is 1. The second-order valence-corrected chi connectivity index (χ2v) is 4.71. The van der Waals surface area contributed by atoms with Crippen LogP contribution in [0.15, 0.2) is 12.1 Å². The molecule has 0 N–H and O–H groups in total. The molecular formula is C13H16ClN3O. The van der Waals surface area contributed by atoms with Crippen LogP contribution in [0.1, 0.15) is 36.3 Å². The van der Waals surface area contributed by atoms with E-state index in [2.05, 4.69) is 4.98 Å². The quantitative estimate of drug-likeness (QED) is 0.787. The summed E-state index contributed by atoms with van der Waals surface area (Å²) in [5, 5.41) is 8.93. The molecule has 0 fully saturated rings. The predicted molar refractivity (Wildman–Crippen MR) is 70.4 cm³/mol. The minimum Gasteiger partial charge on any atom is -0.335 e.